The lowest BCUT2D eigenvalue weighted by molar-refractivity contribution is -0.114. The summed E-state index contributed by atoms with van der Waals surface area (Å²) in [6.45, 7) is 8.13. The van der Waals surface area contributed by atoms with Gasteiger partial charge in [-0.25, -0.2) is 0 Å². The fraction of sp³-hybridized carbons (Fsp3) is 0.258. The van der Waals surface area contributed by atoms with E-state index in [9.17, 15) is 14.9 Å². The van der Waals surface area contributed by atoms with E-state index in [4.69, 9.17) is 9.15 Å². The molecular weight excluding hydrogens is 524 g/mol. The number of para-hydroxylation sites is 3. The Morgan fingerprint density at radius 3 is 2.58 bits per heavy atom. The van der Waals surface area contributed by atoms with E-state index in [1.807, 2.05) is 51.1 Å². The van der Waals surface area contributed by atoms with Crippen LogP contribution < -0.4 is 20.7 Å². The molecule has 3 aromatic rings. The number of carbonyl (C=O) groups excluding carboxylic acids is 2. The molecule has 0 saturated heterocycles. The Labute approximate surface area is 238 Å². The Bertz CT molecular complexity index is 1500. The van der Waals surface area contributed by atoms with Gasteiger partial charge in [-0.3, -0.25) is 9.59 Å². The van der Waals surface area contributed by atoms with Gasteiger partial charge in [0.15, 0.2) is 0 Å². The third-order valence-electron chi connectivity index (χ3n) is 6.51. The van der Waals surface area contributed by atoms with Crippen LogP contribution in [-0.2, 0) is 16.0 Å². The number of anilines is 2. The first-order valence-electron chi connectivity index (χ1n) is 13.1. The molecule has 0 spiro atoms. The number of nitrogens with zero attached hydrogens (tertiary/aromatic N) is 1. The molecule has 4 rings (SSSR count). The molecule has 1 aliphatic heterocycles. The summed E-state index contributed by atoms with van der Waals surface area (Å²) in [5, 5.41) is 19.9. The maximum atomic E-state index is 13.8. The van der Waals surface area contributed by atoms with E-state index in [0.29, 0.717) is 45.7 Å². The van der Waals surface area contributed by atoms with Crippen molar-refractivity contribution in [3.05, 3.63) is 99.6 Å². The van der Waals surface area contributed by atoms with Gasteiger partial charge >= 0.3 is 0 Å². The van der Waals surface area contributed by atoms with Crippen molar-refractivity contribution in [3.63, 3.8) is 0 Å². The fourth-order valence-electron chi connectivity index (χ4n) is 4.63. The van der Waals surface area contributed by atoms with Gasteiger partial charge in [0.2, 0.25) is 5.91 Å². The summed E-state index contributed by atoms with van der Waals surface area (Å²) in [5.74, 6) is -0.219. The summed E-state index contributed by atoms with van der Waals surface area (Å²) in [5.41, 5.74) is 4.58. The van der Waals surface area contributed by atoms with E-state index < -0.39 is 5.92 Å². The van der Waals surface area contributed by atoms with Crippen molar-refractivity contribution < 1.29 is 18.7 Å². The van der Waals surface area contributed by atoms with Gasteiger partial charge in [-0.15, -0.1) is 0 Å². The van der Waals surface area contributed by atoms with Crippen molar-refractivity contribution in [2.75, 3.05) is 23.0 Å². The summed E-state index contributed by atoms with van der Waals surface area (Å²) < 4.78 is 11.3. The molecule has 0 fully saturated rings. The number of carbonyl (C=O) groups is 2. The van der Waals surface area contributed by atoms with Gasteiger partial charge in [-0.2, -0.15) is 5.26 Å². The molecule has 9 heteroatoms. The lowest BCUT2D eigenvalue weighted by Gasteiger charge is -2.28. The molecule has 1 aliphatic rings. The quantitative estimate of drug-likeness (QED) is 0.270. The number of ether oxygens (including phenoxy) is 1. The highest BCUT2D eigenvalue weighted by Gasteiger charge is 2.36. The van der Waals surface area contributed by atoms with Crippen LogP contribution in [0.2, 0.25) is 0 Å². The van der Waals surface area contributed by atoms with Gasteiger partial charge in [-0.1, -0.05) is 49.0 Å². The third-order valence-corrected chi connectivity index (χ3v) is 7.52. The number of allylic oxidation sites excluding steroid dienone is 2. The van der Waals surface area contributed by atoms with Crippen LogP contribution in [0.25, 0.3) is 0 Å². The predicted octanol–water partition coefficient (Wildman–Crippen LogP) is 6.26. The minimum absolute atomic E-state index is 0.0384. The molecule has 1 atom stereocenters. The smallest absolute Gasteiger partial charge is 0.254 e. The van der Waals surface area contributed by atoms with Gasteiger partial charge in [0, 0.05) is 11.4 Å². The summed E-state index contributed by atoms with van der Waals surface area (Å²) in [6.07, 6.45) is 2.28. The van der Waals surface area contributed by atoms with Crippen LogP contribution in [0.1, 0.15) is 43.6 Å². The zero-order chi connectivity index (χ0) is 28.6. The molecule has 0 radical (unpaired) electrons. The number of nitriles is 1. The molecule has 2 heterocycles. The zero-order valence-corrected chi connectivity index (χ0v) is 23.8. The van der Waals surface area contributed by atoms with E-state index in [0.717, 1.165) is 23.2 Å². The number of thioether (sulfide) groups is 1. The van der Waals surface area contributed by atoms with Crippen LogP contribution in [0.15, 0.2) is 87.1 Å². The predicted molar refractivity (Wildman–Crippen MR) is 158 cm³/mol. The van der Waals surface area contributed by atoms with Gasteiger partial charge in [0.05, 0.1) is 52.5 Å². The highest BCUT2D eigenvalue weighted by Crippen LogP contribution is 2.41. The van der Waals surface area contributed by atoms with Crippen LogP contribution in [0, 0.1) is 18.3 Å². The molecule has 0 bridgehead atoms. The zero-order valence-electron chi connectivity index (χ0n) is 23.0. The maximum absolute atomic E-state index is 13.8. The Hall–Kier alpha value is -4.42. The van der Waals surface area contributed by atoms with E-state index in [1.54, 1.807) is 31.2 Å². The lowest BCUT2D eigenvalue weighted by Crippen LogP contribution is -2.31. The fourth-order valence-corrected chi connectivity index (χ4v) is 5.52. The number of furan rings is 1. The van der Waals surface area contributed by atoms with Gasteiger partial charge in [0.25, 0.3) is 5.91 Å². The minimum atomic E-state index is -0.736. The molecule has 0 aliphatic carbocycles. The minimum Gasteiger partial charge on any atom is -0.492 e. The van der Waals surface area contributed by atoms with Gasteiger partial charge in [-0.05, 0) is 62.6 Å². The number of rotatable bonds is 10. The second-order valence-corrected chi connectivity index (χ2v) is 10.1. The number of aryl methyl sites for hydroxylation is 2. The SMILES string of the molecule is CCOc1ccccc1NC(=O)CSC1=C(C#N)[C@H](c2ccco2)C(C(=O)Nc2c(C)cccc2CC)=C(C)N1. The molecule has 206 valence electrons. The van der Waals surface area contributed by atoms with Crippen molar-refractivity contribution in [3.8, 4) is 11.8 Å². The Balaban J connectivity index is 1.60. The lowest BCUT2D eigenvalue weighted by atomic mass is 9.85. The standard InChI is InChI=1S/C31H32N4O4S/c1-5-21-12-9-11-19(3)29(21)35-30(37)27-20(4)33-31(22(17-32)28(27)25-15-10-16-39-25)40-18-26(36)34-23-13-7-8-14-24(23)38-6-2/h7-16,28,33H,5-6,18H2,1-4H3,(H,34,36)(H,35,37)/t28-/m1/s1. The Morgan fingerprint density at radius 1 is 1.07 bits per heavy atom. The molecule has 0 unspecified atom stereocenters. The highest BCUT2D eigenvalue weighted by atomic mass is 32.2. The van der Waals surface area contributed by atoms with Crippen LogP contribution in [0.4, 0.5) is 11.4 Å². The number of nitrogens with one attached hydrogen (secondary N) is 3. The summed E-state index contributed by atoms with van der Waals surface area (Å²) >= 11 is 1.19. The molecule has 40 heavy (non-hydrogen) atoms. The maximum Gasteiger partial charge on any atom is 0.254 e. The molecular formula is C31H32N4O4S. The van der Waals surface area contributed by atoms with E-state index in [1.165, 1.54) is 18.0 Å². The Morgan fingerprint density at radius 2 is 1.88 bits per heavy atom. The first-order chi connectivity index (χ1) is 19.4. The van der Waals surface area contributed by atoms with Gasteiger partial charge < -0.3 is 25.1 Å². The van der Waals surface area contributed by atoms with Crippen molar-refractivity contribution in [2.24, 2.45) is 0 Å². The average molecular weight is 557 g/mol. The highest BCUT2D eigenvalue weighted by molar-refractivity contribution is 8.03. The number of benzene rings is 2. The molecule has 2 aromatic carbocycles. The number of amides is 2. The van der Waals surface area contributed by atoms with E-state index in [2.05, 4.69) is 22.0 Å². The largest absolute Gasteiger partial charge is 0.492 e. The second-order valence-electron chi connectivity index (χ2n) is 9.15. The van der Waals surface area contributed by atoms with E-state index in [-0.39, 0.29) is 17.6 Å². The monoisotopic (exact) mass is 556 g/mol. The Kier molecular flexibility index (Phi) is 9.35. The van der Waals surface area contributed by atoms with Crippen LogP contribution in [0.3, 0.4) is 0 Å². The van der Waals surface area contributed by atoms with Crippen LogP contribution >= 0.6 is 11.8 Å². The van der Waals surface area contributed by atoms with Crippen molar-refractivity contribution in [1.29, 1.82) is 5.26 Å². The van der Waals surface area contributed by atoms with Crippen LogP contribution in [-0.4, -0.2) is 24.2 Å². The number of dihydropyridines is 1. The molecule has 0 saturated carbocycles. The van der Waals surface area contributed by atoms with Crippen molar-refractivity contribution in [2.45, 2.75) is 40.0 Å². The van der Waals surface area contributed by atoms with Crippen molar-refractivity contribution in [1.82, 2.24) is 5.32 Å². The first kappa shape index (κ1) is 28.6. The first-order valence-corrected chi connectivity index (χ1v) is 14.1. The molecule has 8 nitrogen and oxygen atoms in total. The summed E-state index contributed by atoms with van der Waals surface area (Å²) in [7, 11) is 0. The topological polar surface area (TPSA) is 116 Å². The van der Waals surface area contributed by atoms with Crippen LogP contribution in [0.5, 0.6) is 5.75 Å². The van der Waals surface area contributed by atoms with E-state index >= 15 is 0 Å². The van der Waals surface area contributed by atoms with Crippen molar-refractivity contribution >= 4 is 35.0 Å². The summed E-state index contributed by atoms with van der Waals surface area (Å²) in [4.78, 5) is 26.6. The van der Waals surface area contributed by atoms with Gasteiger partial charge in [0.1, 0.15) is 11.5 Å². The average Bonchev–Trinajstić information content (AvgIpc) is 3.48. The third kappa shape index (κ3) is 6.24. The summed E-state index contributed by atoms with van der Waals surface area (Å²) in [6, 6.07) is 18.9. The molecule has 1 aromatic heterocycles. The molecule has 2 amide bonds. The molecule has 3 N–H and O–H groups in total. The number of hydrogen-bond donors (Lipinski definition) is 3. The number of hydrogen-bond acceptors (Lipinski definition) is 7. The second kappa shape index (κ2) is 13.1. The normalized spacial score (nSPS) is 14.8.